The van der Waals surface area contributed by atoms with Gasteiger partial charge in [-0.25, -0.2) is 0 Å². The minimum atomic E-state index is -0.106. The fourth-order valence-corrected chi connectivity index (χ4v) is 1.03. The van der Waals surface area contributed by atoms with Crippen LogP contribution in [0.1, 0.15) is 32.6 Å². The van der Waals surface area contributed by atoms with Gasteiger partial charge in [-0.15, -0.1) is 0 Å². The molecule has 0 aliphatic carbocycles. The highest BCUT2D eigenvalue weighted by atomic mass is 16.7. The Bertz CT molecular complexity index is 136. The number of unbranched alkanes of at least 4 members (excludes halogenated alkanes) is 2. The Kier molecular flexibility index (Phi) is 10.0. The van der Waals surface area contributed by atoms with E-state index in [1.807, 2.05) is 6.92 Å². The molecule has 14 heavy (non-hydrogen) atoms. The summed E-state index contributed by atoms with van der Waals surface area (Å²) in [7, 11) is 1.60. The molecule has 0 saturated carbocycles. The minimum absolute atomic E-state index is 0.106. The molecule has 0 radical (unpaired) electrons. The maximum Gasteiger partial charge on any atom is 0.305 e. The van der Waals surface area contributed by atoms with Crippen molar-refractivity contribution in [2.45, 2.75) is 32.6 Å². The van der Waals surface area contributed by atoms with E-state index >= 15 is 0 Å². The largest absolute Gasteiger partial charge is 0.466 e. The van der Waals surface area contributed by atoms with Crippen molar-refractivity contribution in [2.24, 2.45) is 0 Å². The zero-order valence-electron chi connectivity index (χ0n) is 9.08. The molecule has 0 N–H and O–H groups in total. The first-order chi connectivity index (χ1) is 6.81. The van der Waals surface area contributed by atoms with Crippen molar-refractivity contribution < 1.29 is 19.0 Å². The third-order valence-electron chi connectivity index (χ3n) is 1.68. The Morgan fingerprint density at radius 1 is 1.21 bits per heavy atom. The van der Waals surface area contributed by atoms with Gasteiger partial charge in [0.1, 0.15) is 6.79 Å². The predicted octanol–water partition coefficient (Wildman–Crippen LogP) is 1.73. The zero-order valence-corrected chi connectivity index (χ0v) is 9.08. The molecule has 0 saturated heterocycles. The van der Waals surface area contributed by atoms with Gasteiger partial charge in [0.05, 0.1) is 6.61 Å². The molecule has 0 aromatic heterocycles. The van der Waals surface area contributed by atoms with Crippen LogP contribution in [0, 0.1) is 0 Å². The van der Waals surface area contributed by atoms with Crippen LogP contribution in [-0.4, -0.2) is 33.1 Å². The van der Waals surface area contributed by atoms with Crippen LogP contribution in [0.25, 0.3) is 0 Å². The van der Waals surface area contributed by atoms with Crippen LogP contribution in [0.15, 0.2) is 0 Å². The monoisotopic (exact) mass is 204 g/mol. The van der Waals surface area contributed by atoms with Gasteiger partial charge in [0.15, 0.2) is 0 Å². The lowest BCUT2D eigenvalue weighted by Gasteiger charge is -2.03. The summed E-state index contributed by atoms with van der Waals surface area (Å²) in [6.45, 7) is 3.32. The second-order valence-corrected chi connectivity index (χ2v) is 2.93. The van der Waals surface area contributed by atoms with Gasteiger partial charge in [0.25, 0.3) is 0 Å². The summed E-state index contributed by atoms with van der Waals surface area (Å²) in [5.74, 6) is -0.106. The second-order valence-electron chi connectivity index (χ2n) is 2.93. The number of carbonyl (C=O) groups excluding carboxylic acids is 1. The highest BCUT2D eigenvalue weighted by Gasteiger charge is 2.00. The molecule has 0 heterocycles. The van der Waals surface area contributed by atoms with E-state index in [9.17, 15) is 4.79 Å². The Labute approximate surface area is 85.5 Å². The van der Waals surface area contributed by atoms with Crippen molar-refractivity contribution in [3.05, 3.63) is 0 Å². The Hall–Kier alpha value is -0.610. The summed E-state index contributed by atoms with van der Waals surface area (Å²) >= 11 is 0. The van der Waals surface area contributed by atoms with E-state index in [0.717, 1.165) is 19.3 Å². The van der Waals surface area contributed by atoms with E-state index < -0.39 is 0 Å². The molecule has 84 valence electrons. The van der Waals surface area contributed by atoms with E-state index in [-0.39, 0.29) is 5.97 Å². The maximum atomic E-state index is 10.9. The molecule has 0 rings (SSSR count). The molecular formula is C10H20O4. The SMILES string of the molecule is CCOC(=O)CCCCCOCOC. The fourth-order valence-electron chi connectivity index (χ4n) is 1.03. The van der Waals surface area contributed by atoms with Crippen LogP contribution < -0.4 is 0 Å². The highest BCUT2D eigenvalue weighted by Crippen LogP contribution is 2.01. The number of hydrogen-bond donors (Lipinski definition) is 0. The first-order valence-corrected chi connectivity index (χ1v) is 5.03. The van der Waals surface area contributed by atoms with Crippen molar-refractivity contribution >= 4 is 5.97 Å². The number of ether oxygens (including phenoxy) is 3. The molecule has 0 bridgehead atoms. The molecule has 0 aliphatic heterocycles. The first-order valence-electron chi connectivity index (χ1n) is 5.03. The van der Waals surface area contributed by atoms with Crippen molar-refractivity contribution in [3.63, 3.8) is 0 Å². The Morgan fingerprint density at radius 2 is 2.00 bits per heavy atom. The van der Waals surface area contributed by atoms with Gasteiger partial charge in [-0.2, -0.15) is 0 Å². The smallest absolute Gasteiger partial charge is 0.305 e. The van der Waals surface area contributed by atoms with Crippen LogP contribution in [0.5, 0.6) is 0 Å². The van der Waals surface area contributed by atoms with Gasteiger partial charge < -0.3 is 14.2 Å². The fraction of sp³-hybridized carbons (Fsp3) is 0.900. The summed E-state index contributed by atoms with van der Waals surface area (Å²) in [6, 6.07) is 0. The third-order valence-corrected chi connectivity index (χ3v) is 1.68. The molecule has 0 fully saturated rings. The summed E-state index contributed by atoms with van der Waals surface area (Å²) in [4.78, 5) is 10.9. The van der Waals surface area contributed by atoms with Gasteiger partial charge in [0, 0.05) is 20.1 Å². The highest BCUT2D eigenvalue weighted by molar-refractivity contribution is 5.69. The summed E-state index contributed by atoms with van der Waals surface area (Å²) in [6.07, 6.45) is 3.33. The molecule has 4 heteroatoms. The van der Waals surface area contributed by atoms with Crippen LogP contribution in [0.2, 0.25) is 0 Å². The van der Waals surface area contributed by atoms with E-state index in [1.54, 1.807) is 7.11 Å². The number of esters is 1. The van der Waals surface area contributed by atoms with Gasteiger partial charge in [0.2, 0.25) is 0 Å². The summed E-state index contributed by atoms with van der Waals surface area (Å²) < 4.78 is 14.6. The topological polar surface area (TPSA) is 44.8 Å². The average Bonchev–Trinajstić information content (AvgIpc) is 2.17. The third kappa shape index (κ3) is 9.48. The van der Waals surface area contributed by atoms with E-state index in [1.165, 1.54) is 0 Å². The Balaban J connectivity index is 3.01. The minimum Gasteiger partial charge on any atom is -0.466 e. The zero-order chi connectivity index (χ0) is 10.6. The van der Waals surface area contributed by atoms with Crippen LogP contribution in [0.3, 0.4) is 0 Å². The molecule has 0 amide bonds. The van der Waals surface area contributed by atoms with Gasteiger partial charge in [-0.1, -0.05) is 6.42 Å². The van der Waals surface area contributed by atoms with Crippen LogP contribution in [0.4, 0.5) is 0 Å². The number of rotatable bonds is 9. The molecule has 0 aromatic rings. The van der Waals surface area contributed by atoms with Crippen LogP contribution in [-0.2, 0) is 19.0 Å². The molecule has 0 aliphatic rings. The lowest BCUT2D eigenvalue weighted by atomic mass is 10.2. The lowest BCUT2D eigenvalue weighted by Crippen LogP contribution is -2.04. The molecular weight excluding hydrogens is 184 g/mol. The van der Waals surface area contributed by atoms with E-state index in [2.05, 4.69) is 0 Å². The lowest BCUT2D eigenvalue weighted by molar-refractivity contribution is -0.143. The summed E-state index contributed by atoms with van der Waals surface area (Å²) in [5, 5.41) is 0. The normalized spacial score (nSPS) is 10.1. The number of methoxy groups -OCH3 is 1. The Morgan fingerprint density at radius 3 is 2.64 bits per heavy atom. The van der Waals surface area contributed by atoms with Crippen LogP contribution >= 0.6 is 0 Å². The number of hydrogen-bond acceptors (Lipinski definition) is 4. The number of carbonyl (C=O) groups is 1. The van der Waals surface area contributed by atoms with Gasteiger partial charge >= 0.3 is 5.97 Å². The molecule has 4 nitrogen and oxygen atoms in total. The molecule has 0 unspecified atom stereocenters. The van der Waals surface area contributed by atoms with Gasteiger partial charge in [-0.05, 0) is 19.8 Å². The summed E-state index contributed by atoms with van der Waals surface area (Å²) in [5.41, 5.74) is 0. The molecule has 0 aromatic carbocycles. The standard InChI is InChI=1S/C10H20O4/c1-3-14-10(11)7-5-4-6-8-13-9-12-2/h3-9H2,1-2H3. The quantitative estimate of drug-likeness (QED) is 0.326. The predicted molar refractivity (Wildman–Crippen MR) is 52.9 cm³/mol. The van der Waals surface area contributed by atoms with E-state index in [4.69, 9.17) is 14.2 Å². The van der Waals surface area contributed by atoms with Gasteiger partial charge in [-0.3, -0.25) is 4.79 Å². The molecule has 0 atom stereocenters. The van der Waals surface area contributed by atoms with Crippen molar-refractivity contribution in [1.82, 2.24) is 0 Å². The van der Waals surface area contributed by atoms with Crippen molar-refractivity contribution in [2.75, 3.05) is 27.1 Å². The van der Waals surface area contributed by atoms with Crippen molar-refractivity contribution in [1.29, 1.82) is 0 Å². The maximum absolute atomic E-state index is 10.9. The first kappa shape index (κ1) is 13.4. The average molecular weight is 204 g/mol. The molecule has 0 spiro atoms. The van der Waals surface area contributed by atoms with Crippen molar-refractivity contribution in [3.8, 4) is 0 Å². The van der Waals surface area contributed by atoms with E-state index in [0.29, 0.717) is 26.4 Å². The second kappa shape index (κ2) is 10.5.